The van der Waals surface area contributed by atoms with Gasteiger partial charge in [0, 0.05) is 22.9 Å². The molecule has 29 heavy (non-hydrogen) atoms. The fraction of sp³-hybridized carbons (Fsp3) is 0.231. The van der Waals surface area contributed by atoms with E-state index in [1.165, 1.54) is 11.1 Å². The van der Waals surface area contributed by atoms with Gasteiger partial charge in [0.25, 0.3) is 0 Å². The van der Waals surface area contributed by atoms with E-state index >= 15 is 0 Å². The first-order valence-electron chi connectivity index (χ1n) is 10.2. The van der Waals surface area contributed by atoms with Crippen molar-refractivity contribution in [3.8, 4) is 0 Å². The average molecular weight is 383 g/mol. The van der Waals surface area contributed by atoms with Crippen LogP contribution >= 0.6 is 0 Å². The van der Waals surface area contributed by atoms with E-state index in [1.807, 2.05) is 32.0 Å². The smallest absolute Gasteiger partial charge is 0.144 e. The molecule has 0 fully saturated rings. The summed E-state index contributed by atoms with van der Waals surface area (Å²) in [5.74, 6) is 0. The molecule has 3 nitrogen and oxygen atoms in total. The number of nitrogens with zero attached hydrogens (tertiary/aromatic N) is 2. The van der Waals surface area contributed by atoms with E-state index in [4.69, 9.17) is 14.4 Å². The number of fused-ring (bicyclic) bond motifs is 3. The van der Waals surface area contributed by atoms with Crippen LogP contribution in [0, 0.1) is 0 Å². The van der Waals surface area contributed by atoms with Gasteiger partial charge in [-0.25, -0.2) is 0 Å². The second-order valence-corrected chi connectivity index (χ2v) is 7.35. The largest absolute Gasteiger partial charge is 0.455 e. The number of benzene rings is 2. The first kappa shape index (κ1) is 19.1. The lowest BCUT2D eigenvalue weighted by Crippen LogP contribution is -2.14. The third-order valence-electron chi connectivity index (χ3n) is 5.37. The third kappa shape index (κ3) is 3.61. The van der Waals surface area contributed by atoms with E-state index in [0.29, 0.717) is 6.54 Å². The van der Waals surface area contributed by atoms with Crippen molar-refractivity contribution in [2.45, 2.75) is 33.6 Å². The summed E-state index contributed by atoms with van der Waals surface area (Å²) < 4.78 is 6.22. The van der Waals surface area contributed by atoms with E-state index < -0.39 is 0 Å². The fourth-order valence-corrected chi connectivity index (χ4v) is 3.97. The van der Waals surface area contributed by atoms with Crippen molar-refractivity contribution in [1.29, 1.82) is 0 Å². The molecule has 146 valence electrons. The topological polar surface area (TPSA) is 37.9 Å². The average Bonchev–Trinajstić information content (AvgIpc) is 3.11. The Balaban J connectivity index is 1.82. The molecule has 0 spiro atoms. The van der Waals surface area contributed by atoms with Crippen molar-refractivity contribution in [3.63, 3.8) is 0 Å². The number of rotatable bonds is 5. The van der Waals surface area contributed by atoms with Crippen LogP contribution in [0.15, 0.2) is 92.4 Å². The Morgan fingerprint density at radius 3 is 2.69 bits per heavy atom. The number of hydrogen-bond donors (Lipinski definition) is 0. The Morgan fingerprint density at radius 2 is 1.90 bits per heavy atom. The van der Waals surface area contributed by atoms with Gasteiger partial charge in [0.2, 0.25) is 0 Å². The number of allylic oxidation sites excluding steroid dienone is 4. The summed E-state index contributed by atoms with van der Waals surface area (Å²) >= 11 is 0. The van der Waals surface area contributed by atoms with Crippen LogP contribution in [0.2, 0.25) is 0 Å². The predicted molar refractivity (Wildman–Crippen MR) is 124 cm³/mol. The molecule has 0 aliphatic heterocycles. The molecule has 1 heterocycles. The van der Waals surface area contributed by atoms with Gasteiger partial charge in [-0.15, -0.1) is 0 Å². The fourth-order valence-electron chi connectivity index (χ4n) is 3.97. The highest BCUT2D eigenvalue weighted by Crippen LogP contribution is 2.31. The Labute approximate surface area is 171 Å². The van der Waals surface area contributed by atoms with Gasteiger partial charge in [-0.2, -0.15) is 0 Å². The minimum atomic E-state index is 0.676. The highest BCUT2D eigenvalue weighted by atomic mass is 16.3. The van der Waals surface area contributed by atoms with Gasteiger partial charge in [0.05, 0.1) is 17.1 Å². The van der Waals surface area contributed by atoms with Gasteiger partial charge in [0.15, 0.2) is 0 Å². The minimum absolute atomic E-state index is 0.676. The van der Waals surface area contributed by atoms with E-state index in [9.17, 15) is 0 Å². The summed E-state index contributed by atoms with van der Waals surface area (Å²) in [7, 11) is 0. The molecule has 3 heteroatoms. The molecule has 0 bridgehead atoms. The zero-order chi connectivity index (χ0) is 20.4. The van der Waals surface area contributed by atoms with E-state index in [-0.39, 0.29) is 0 Å². The van der Waals surface area contributed by atoms with Crippen molar-refractivity contribution in [2.24, 2.45) is 9.98 Å². The number of furan rings is 1. The second-order valence-electron chi connectivity index (χ2n) is 7.35. The lowest BCUT2D eigenvalue weighted by atomic mass is 9.96. The minimum Gasteiger partial charge on any atom is -0.455 e. The zero-order valence-corrected chi connectivity index (χ0v) is 17.3. The monoisotopic (exact) mass is 382 g/mol. The van der Waals surface area contributed by atoms with Crippen LogP contribution < -0.4 is 0 Å². The van der Waals surface area contributed by atoms with Crippen LogP contribution in [-0.2, 0) is 0 Å². The van der Waals surface area contributed by atoms with Gasteiger partial charge in [-0.05, 0) is 56.9 Å². The van der Waals surface area contributed by atoms with Gasteiger partial charge >= 0.3 is 0 Å². The summed E-state index contributed by atoms with van der Waals surface area (Å²) in [6.45, 7) is 11.1. The molecule has 1 aliphatic rings. The summed E-state index contributed by atoms with van der Waals surface area (Å²) in [6.07, 6.45) is 6.38. The number of para-hydroxylation sites is 2. The predicted octanol–water partition coefficient (Wildman–Crippen LogP) is 7.04. The van der Waals surface area contributed by atoms with Crippen molar-refractivity contribution in [1.82, 2.24) is 0 Å². The first-order chi connectivity index (χ1) is 14.1. The third-order valence-corrected chi connectivity index (χ3v) is 5.37. The highest BCUT2D eigenvalue weighted by Gasteiger charge is 2.17. The van der Waals surface area contributed by atoms with Crippen molar-refractivity contribution < 1.29 is 4.42 Å². The van der Waals surface area contributed by atoms with Gasteiger partial charge in [-0.3, -0.25) is 9.98 Å². The van der Waals surface area contributed by atoms with Gasteiger partial charge in [-0.1, -0.05) is 49.1 Å². The summed E-state index contributed by atoms with van der Waals surface area (Å²) in [4.78, 5) is 9.65. The van der Waals surface area contributed by atoms with Crippen molar-refractivity contribution >= 4 is 33.4 Å². The second kappa shape index (κ2) is 8.04. The molecular weight excluding hydrogens is 356 g/mol. The Hall–Kier alpha value is -3.20. The molecule has 0 saturated heterocycles. The molecule has 0 radical (unpaired) electrons. The van der Waals surface area contributed by atoms with E-state index in [1.54, 1.807) is 0 Å². The number of aliphatic imine (C=N–C) groups is 2. The Bertz CT molecular complexity index is 1220. The molecule has 0 N–H and O–H groups in total. The lowest BCUT2D eigenvalue weighted by molar-refractivity contribution is 0.668. The van der Waals surface area contributed by atoms with Crippen LogP contribution in [0.3, 0.4) is 0 Å². The van der Waals surface area contributed by atoms with Crippen molar-refractivity contribution in [2.75, 3.05) is 6.54 Å². The molecule has 0 amide bonds. The molecule has 0 unspecified atom stereocenters. The molecule has 0 saturated carbocycles. The molecule has 0 atom stereocenters. The molecule has 1 aliphatic carbocycles. The maximum Gasteiger partial charge on any atom is 0.144 e. The van der Waals surface area contributed by atoms with E-state index in [2.05, 4.69) is 49.9 Å². The van der Waals surface area contributed by atoms with Crippen LogP contribution in [0.5, 0.6) is 0 Å². The standard InChI is InChI=1S/C26H26N2O/c1-5-27-25(19(4)28-18(3)20-12-7-6-11-17(20)2)23-15-10-14-22-21-13-8-9-16-24(21)29-26(22)23/h6,8-11,13-16H,3,5,7,12H2,1-2,4H3. The quantitative estimate of drug-likeness (QED) is 0.436. The van der Waals surface area contributed by atoms with Crippen LogP contribution in [0.4, 0.5) is 0 Å². The molecule has 1 aromatic heterocycles. The van der Waals surface area contributed by atoms with Crippen LogP contribution in [0.25, 0.3) is 21.9 Å². The van der Waals surface area contributed by atoms with Crippen LogP contribution in [-0.4, -0.2) is 18.0 Å². The molecule has 4 rings (SSSR count). The van der Waals surface area contributed by atoms with Gasteiger partial charge < -0.3 is 4.42 Å². The van der Waals surface area contributed by atoms with Gasteiger partial charge in [0.1, 0.15) is 11.2 Å². The summed E-state index contributed by atoms with van der Waals surface area (Å²) in [5.41, 5.74) is 7.74. The Kier molecular flexibility index (Phi) is 5.30. The summed E-state index contributed by atoms with van der Waals surface area (Å²) in [5, 5.41) is 2.22. The Morgan fingerprint density at radius 1 is 1.10 bits per heavy atom. The molecule has 2 aromatic carbocycles. The summed E-state index contributed by atoms with van der Waals surface area (Å²) in [6, 6.07) is 14.4. The highest BCUT2D eigenvalue weighted by molar-refractivity contribution is 6.49. The molecular formula is C26H26N2O. The molecule has 3 aromatic rings. The maximum atomic E-state index is 6.22. The SMILES string of the molecule is C=C(N=C(C)C(=NCC)c1cccc2c1oc1ccccc12)C1=C(C)C=CCC1. The van der Waals surface area contributed by atoms with E-state index in [0.717, 1.165) is 57.5 Å². The van der Waals surface area contributed by atoms with Crippen molar-refractivity contribution in [3.05, 3.63) is 83.6 Å². The van der Waals surface area contributed by atoms with Crippen LogP contribution in [0.1, 0.15) is 39.2 Å². The maximum absolute atomic E-state index is 6.22. The lowest BCUT2D eigenvalue weighted by Gasteiger charge is -2.14. The zero-order valence-electron chi connectivity index (χ0n) is 17.3. The normalized spacial score (nSPS) is 15.6. The first-order valence-corrected chi connectivity index (χ1v) is 10.2. The number of hydrogen-bond acceptors (Lipinski definition) is 3.